The standard InChI is InChI=1S/C12H17F/c1-3-4-11(13)12(5-6-12)10-7-9(2)8-10/h1,9-11H,4-8H2,2H3. The zero-order valence-corrected chi connectivity index (χ0v) is 8.22. The molecule has 0 N–H and O–H groups in total. The Morgan fingerprint density at radius 2 is 2.15 bits per heavy atom. The molecule has 0 aliphatic heterocycles. The van der Waals surface area contributed by atoms with Gasteiger partial charge in [-0.1, -0.05) is 6.92 Å². The minimum Gasteiger partial charge on any atom is -0.246 e. The van der Waals surface area contributed by atoms with Gasteiger partial charge in [-0.3, -0.25) is 0 Å². The molecule has 0 amide bonds. The average molecular weight is 180 g/mol. The van der Waals surface area contributed by atoms with Crippen LogP contribution in [0.2, 0.25) is 0 Å². The summed E-state index contributed by atoms with van der Waals surface area (Å²) < 4.78 is 13.7. The minimum atomic E-state index is -0.727. The van der Waals surface area contributed by atoms with Crippen LogP contribution >= 0.6 is 0 Å². The SMILES string of the molecule is C#CCC(F)C1(C2CC(C)C2)CC1. The molecule has 1 heteroatoms. The molecule has 2 rings (SSSR count). The van der Waals surface area contributed by atoms with E-state index in [9.17, 15) is 4.39 Å². The molecule has 2 aliphatic rings. The van der Waals surface area contributed by atoms with Crippen LogP contribution in [0, 0.1) is 29.6 Å². The van der Waals surface area contributed by atoms with Gasteiger partial charge in [-0.05, 0) is 37.5 Å². The highest BCUT2D eigenvalue weighted by molar-refractivity contribution is 5.09. The lowest BCUT2D eigenvalue weighted by Gasteiger charge is -2.40. The molecule has 0 bridgehead atoms. The van der Waals surface area contributed by atoms with Crippen molar-refractivity contribution in [2.24, 2.45) is 17.3 Å². The van der Waals surface area contributed by atoms with Crippen LogP contribution in [0.4, 0.5) is 4.39 Å². The lowest BCUT2D eigenvalue weighted by molar-refractivity contribution is 0.0546. The molecule has 1 atom stereocenters. The summed E-state index contributed by atoms with van der Waals surface area (Å²) in [7, 11) is 0. The Hall–Kier alpha value is -0.510. The van der Waals surface area contributed by atoms with Crippen molar-refractivity contribution in [1.82, 2.24) is 0 Å². The first-order chi connectivity index (χ1) is 6.19. The van der Waals surface area contributed by atoms with Gasteiger partial charge in [-0.25, -0.2) is 4.39 Å². The van der Waals surface area contributed by atoms with Gasteiger partial charge in [0.15, 0.2) is 0 Å². The molecule has 72 valence electrons. The molecule has 0 spiro atoms. The molecule has 0 nitrogen and oxygen atoms in total. The van der Waals surface area contributed by atoms with Crippen LogP contribution in [0.1, 0.15) is 39.0 Å². The highest BCUT2D eigenvalue weighted by Crippen LogP contribution is 2.63. The summed E-state index contributed by atoms with van der Waals surface area (Å²) in [5.41, 5.74) is 0.0267. The van der Waals surface area contributed by atoms with Crippen LogP contribution in [-0.2, 0) is 0 Å². The monoisotopic (exact) mass is 180 g/mol. The van der Waals surface area contributed by atoms with Gasteiger partial charge in [0.25, 0.3) is 0 Å². The third-order valence-electron chi connectivity index (χ3n) is 3.94. The molecule has 2 saturated carbocycles. The van der Waals surface area contributed by atoms with Gasteiger partial charge in [-0.2, -0.15) is 0 Å². The predicted octanol–water partition coefficient (Wildman–Crippen LogP) is 3.17. The highest BCUT2D eigenvalue weighted by Gasteiger charge is 2.57. The van der Waals surface area contributed by atoms with Gasteiger partial charge in [0.05, 0.1) is 0 Å². The van der Waals surface area contributed by atoms with Gasteiger partial charge in [-0.15, -0.1) is 12.3 Å². The molecule has 0 radical (unpaired) electrons. The third kappa shape index (κ3) is 1.37. The second kappa shape index (κ2) is 3.01. The molecular formula is C12H17F. The van der Waals surface area contributed by atoms with E-state index in [-0.39, 0.29) is 5.41 Å². The van der Waals surface area contributed by atoms with Crippen molar-refractivity contribution in [3.63, 3.8) is 0 Å². The van der Waals surface area contributed by atoms with Crippen molar-refractivity contribution in [3.05, 3.63) is 0 Å². The summed E-state index contributed by atoms with van der Waals surface area (Å²) in [4.78, 5) is 0. The Morgan fingerprint density at radius 1 is 1.54 bits per heavy atom. The number of alkyl halides is 1. The molecule has 2 aliphatic carbocycles. The van der Waals surface area contributed by atoms with Gasteiger partial charge in [0, 0.05) is 11.8 Å². The Balaban J connectivity index is 1.93. The first kappa shape index (κ1) is 9.06. The van der Waals surface area contributed by atoms with Crippen molar-refractivity contribution >= 4 is 0 Å². The number of hydrogen-bond donors (Lipinski definition) is 0. The topological polar surface area (TPSA) is 0 Å². The van der Waals surface area contributed by atoms with Crippen LogP contribution in [0.5, 0.6) is 0 Å². The van der Waals surface area contributed by atoms with Crippen molar-refractivity contribution in [1.29, 1.82) is 0 Å². The quantitative estimate of drug-likeness (QED) is 0.585. The molecule has 13 heavy (non-hydrogen) atoms. The molecule has 2 fully saturated rings. The summed E-state index contributed by atoms with van der Waals surface area (Å²) in [6.45, 7) is 2.25. The van der Waals surface area contributed by atoms with Gasteiger partial charge >= 0.3 is 0 Å². The van der Waals surface area contributed by atoms with Crippen LogP contribution in [0.15, 0.2) is 0 Å². The van der Waals surface area contributed by atoms with Crippen LogP contribution in [-0.4, -0.2) is 6.17 Å². The van der Waals surface area contributed by atoms with Gasteiger partial charge in [0.1, 0.15) is 6.17 Å². The number of rotatable bonds is 3. The first-order valence-electron chi connectivity index (χ1n) is 5.26. The number of hydrogen-bond acceptors (Lipinski definition) is 0. The molecule has 0 aromatic rings. The maximum atomic E-state index is 13.7. The normalized spacial score (nSPS) is 37.3. The smallest absolute Gasteiger partial charge is 0.117 e. The molecule has 0 aromatic heterocycles. The van der Waals surface area contributed by atoms with Crippen molar-refractivity contribution < 1.29 is 4.39 Å². The lowest BCUT2D eigenvalue weighted by Crippen LogP contribution is -2.35. The number of halogens is 1. The molecular weight excluding hydrogens is 163 g/mol. The van der Waals surface area contributed by atoms with Crippen molar-refractivity contribution in [2.75, 3.05) is 0 Å². The fourth-order valence-electron chi connectivity index (χ4n) is 2.80. The van der Waals surface area contributed by atoms with E-state index in [1.165, 1.54) is 12.8 Å². The zero-order valence-electron chi connectivity index (χ0n) is 8.22. The van der Waals surface area contributed by atoms with Crippen LogP contribution < -0.4 is 0 Å². The van der Waals surface area contributed by atoms with E-state index >= 15 is 0 Å². The highest BCUT2D eigenvalue weighted by atomic mass is 19.1. The van der Waals surface area contributed by atoms with Gasteiger partial charge in [0.2, 0.25) is 0 Å². The fraction of sp³-hybridized carbons (Fsp3) is 0.833. The van der Waals surface area contributed by atoms with E-state index in [0.717, 1.165) is 18.8 Å². The van der Waals surface area contributed by atoms with Gasteiger partial charge < -0.3 is 0 Å². The van der Waals surface area contributed by atoms with Crippen LogP contribution in [0.25, 0.3) is 0 Å². The van der Waals surface area contributed by atoms with E-state index in [4.69, 9.17) is 6.42 Å². The maximum absolute atomic E-state index is 13.7. The van der Waals surface area contributed by atoms with Crippen LogP contribution in [0.3, 0.4) is 0 Å². The largest absolute Gasteiger partial charge is 0.246 e. The summed E-state index contributed by atoms with van der Waals surface area (Å²) in [5, 5.41) is 0. The second-order valence-corrected chi connectivity index (χ2v) is 4.88. The Morgan fingerprint density at radius 3 is 2.54 bits per heavy atom. The average Bonchev–Trinajstić information content (AvgIpc) is 2.80. The summed E-state index contributed by atoms with van der Waals surface area (Å²) in [6, 6.07) is 0. The van der Waals surface area contributed by atoms with Crippen molar-refractivity contribution in [3.8, 4) is 12.3 Å². The first-order valence-corrected chi connectivity index (χ1v) is 5.26. The van der Waals surface area contributed by atoms with E-state index in [0.29, 0.717) is 12.3 Å². The fourth-order valence-corrected chi connectivity index (χ4v) is 2.80. The van der Waals surface area contributed by atoms with E-state index in [1.54, 1.807) is 0 Å². The Bertz CT molecular complexity index is 228. The van der Waals surface area contributed by atoms with E-state index < -0.39 is 6.17 Å². The minimum absolute atomic E-state index is 0.0267. The lowest BCUT2D eigenvalue weighted by atomic mass is 9.65. The second-order valence-electron chi connectivity index (χ2n) is 4.88. The molecule has 0 saturated heterocycles. The zero-order chi connectivity index (χ0) is 9.47. The molecule has 1 unspecified atom stereocenters. The summed E-state index contributed by atoms with van der Waals surface area (Å²) in [6.07, 6.45) is 9.36. The third-order valence-corrected chi connectivity index (χ3v) is 3.94. The number of terminal acetylenes is 1. The Labute approximate surface area is 79.9 Å². The van der Waals surface area contributed by atoms with E-state index in [2.05, 4.69) is 12.8 Å². The molecule has 0 heterocycles. The molecule has 0 aromatic carbocycles. The summed E-state index contributed by atoms with van der Waals surface area (Å²) >= 11 is 0. The summed E-state index contributed by atoms with van der Waals surface area (Å²) in [5.74, 6) is 3.92. The predicted molar refractivity (Wildman–Crippen MR) is 51.9 cm³/mol. The maximum Gasteiger partial charge on any atom is 0.117 e. The van der Waals surface area contributed by atoms with Crippen molar-refractivity contribution in [2.45, 2.75) is 45.2 Å². The van der Waals surface area contributed by atoms with E-state index in [1.807, 2.05) is 0 Å². The Kier molecular flexibility index (Phi) is 2.10.